The standard InChI is InChI=1S/C12H17N5O/c1-8-5-17(6-9(2)18-8)12-10-4-15-16(3)11(10)13-7-14-12/h4,7-9H,5-6H2,1-3H3/t8-,9-/m0/s1. The summed E-state index contributed by atoms with van der Waals surface area (Å²) in [6.45, 7) is 5.88. The van der Waals surface area contributed by atoms with E-state index in [0.717, 1.165) is 29.9 Å². The zero-order chi connectivity index (χ0) is 12.7. The molecule has 6 nitrogen and oxygen atoms in total. The summed E-state index contributed by atoms with van der Waals surface area (Å²) in [5, 5.41) is 5.25. The Kier molecular flexibility index (Phi) is 2.66. The molecule has 0 aliphatic carbocycles. The predicted molar refractivity (Wildman–Crippen MR) is 68.5 cm³/mol. The minimum absolute atomic E-state index is 0.218. The van der Waals surface area contributed by atoms with Crippen LogP contribution in [0, 0.1) is 0 Å². The quantitative estimate of drug-likeness (QED) is 0.751. The van der Waals surface area contributed by atoms with Crippen molar-refractivity contribution in [3.8, 4) is 0 Å². The fourth-order valence-electron chi connectivity index (χ4n) is 2.55. The number of hydrogen-bond acceptors (Lipinski definition) is 5. The summed E-state index contributed by atoms with van der Waals surface area (Å²) in [5.41, 5.74) is 0.867. The van der Waals surface area contributed by atoms with Gasteiger partial charge in [-0.15, -0.1) is 0 Å². The molecule has 6 heteroatoms. The second-order valence-electron chi connectivity index (χ2n) is 4.87. The Hall–Kier alpha value is -1.69. The van der Waals surface area contributed by atoms with E-state index in [1.807, 2.05) is 13.2 Å². The van der Waals surface area contributed by atoms with Crippen molar-refractivity contribution in [1.82, 2.24) is 19.7 Å². The number of ether oxygens (including phenoxy) is 1. The number of aromatic nitrogens is 4. The highest BCUT2D eigenvalue weighted by molar-refractivity contribution is 5.86. The van der Waals surface area contributed by atoms with Gasteiger partial charge in [0.25, 0.3) is 0 Å². The van der Waals surface area contributed by atoms with E-state index in [1.165, 1.54) is 0 Å². The molecule has 1 aliphatic rings. The number of nitrogens with zero attached hydrogens (tertiary/aromatic N) is 5. The van der Waals surface area contributed by atoms with Gasteiger partial charge in [-0.05, 0) is 13.8 Å². The fourth-order valence-corrected chi connectivity index (χ4v) is 2.55. The first-order valence-electron chi connectivity index (χ1n) is 6.18. The Bertz CT molecular complexity index is 557. The summed E-state index contributed by atoms with van der Waals surface area (Å²) in [6.07, 6.45) is 3.87. The van der Waals surface area contributed by atoms with Gasteiger partial charge in [0.05, 0.1) is 23.8 Å². The summed E-state index contributed by atoms with van der Waals surface area (Å²) in [4.78, 5) is 10.9. The third-order valence-electron chi connectivity index (χ3n) is 3.23. The van der Waals surface area contributed by atoms with Gasteiger partial charge in [0.1, 0.15) is 12.1 Å². The smallest absolute Gasteiger partial charge is 0.163 e. The number of aryl methyl sites for hydroxylation is 1. The molecular formula is C12H17N5O. The first-order chi connectivity index (χ1) is 8.65. The van der Waals surface area contributed by atoms with Gasteiger partial charge in [-0.2, -0.15) is 5.10 Å². The van der Waals surface area contributed by atoms with Crippen molar-refractivity contribution in [2.24, 2.45) is 7.05 Å². The molecule has 2 aromatic heterocycles. The Morgan fingerprint density at radius 3 is 2.67 bits per heavy atom. The number of anilines is 1. The molecule has 1 fully saturated rings. The minimum Gasteiger partial charge on any atom is -0.372 e. The molecule has 3 heterocycles. The first kappa shape index (κ1) is 11.4. The van der Waals surface area contributed by atoms with Crippen molar-refractivity contribution in [3.05, 3.63) is 12.5 Å². The number of fused-ring (bicyclic) bond motifs is 1. The zero-order valence-electron chi connectivity index (χ0n) is 10.9. The second kappa shape index (κ2) is 4.20. The van der Waals surface area contributed by atoms with Crippen molar-refractivity contribution in [3.63, 3.8) is 0 Å². The Balaban J connectivity index is 2.03. The van der Waals surface area contributed by atoms with Gasteiger partial charge in [0.2, 0.25) is 0 Å². The number of rotatable bonds is 1. The molecule has 0 spiro atoms. The SMILES string of the molecule is C[C@H]1CN(c2ncnc3c2cnn3C)C[C@H](C)O1. The third kappa shape index (κ3) is 1.82. The van der Waals surface area contributed by atoms with Crippen LogP contribution in [0.4, 0.5) is 5.82 Å². The molecule has 1 aliphatic heterocycles. The van der Waals surface area contributed by atoms with E-state index in [-0.39, 0.29) is 12.2 Å². The summed E-state index contributed by atoms with van der Waals surface area (Å²) < 4.78 is 7.52. The van der Waals surface area contributed by atoms with E-state index in [9.17, 15) is 0 Å². The van der Waals surface area contributed by atoms with Crippen LogP contribution in [0.1, 0.15) is 13.8 Å². The van der Waals surface area contributed by atoms with E-state index in [0.29, 0.717) is 0 Å². The van der Waals surface area contributed by atoms with Crippen molar-refractivity contribution in [2.75, 3.05) is 18.0 Å². The van der Waals surface area contributed by atoms with Crippen LogP contribution in [0.3, 0.4) is 0 Å². The number of morpholine rings is 1. The van der Waals surface area contributed by atoms with Gasteiger partial charge < -0.3 is 9.64 Å². The molecule has 3 rings (SSSR count). The third-order valence-corrected chi connectivity index (χ3v) is 3.23. The van der Waals surface area contributed by atoms with Crippen LogP contribution >= 0.6 is 0 Å². The summed E-state index contributed by atoms with van der Waals surface area (Å²) in [7, 11) is 1.89. The Morgan fingerprint density at radius 1 is 1.22 bits per heavy atom. The minimum atomic E-state index is 0.218. The molecule has 96 valence electrons. The highest BCUT2D eigenvalue weighted by Crippen LogP contribution is 2.25. The summed E-state index contributed by atoms with van der Waals surface area (Å²) in [6, 6.07) is 0. The molecule has 0 saturated carbocycles. The Morgan fingerprint density at radius 2 is 1.94 bits per heavy atom. The van der Waals surface area contributed by atoms with Crippen molar-refractivity contribution < 1.29 is 4.74 Å². The molecule has 0 amide bonds. The highest BCUT2D eigenvalue weighted by atomic mass is 16.5. The largest absolute Gasteiger partial charge is 0.372 e. The second-order valence-corrected chi connectivity index (χ2v) is 4.87. The average molecular weight is 247 g/mol. The molecule has 0 N–H and O–H groups in total. The normalized spacial score (nSPS) is 24.7. The lowest BCUT2D eigenvalue weighted by molar-refractivity contribution is -0.00537. The first-order valence-corrected chi connectivity index (χ1v) is 6.18. The Labute approximate surface area is 106 Å². The molecule has 18 heavy (non-hydrogen) atoms. The van der Waals surface area contributed by atoms with E-state index >= 15 is 0 Å². The van der Waals surface area contributed by atoms with Crippen molar-refractivity contribution >= 4 is 16.9 Å². The van der Waals surface area contributed by atoms with Gasteiger partial charge in [0.15, 0.2) is 5.65 Å². The molecule has 0 aromatic carbocycles. The van der Waals surface area contributed by atoms with Crippen molar-refractivity contribution in [2.45, 2.75) is 26.1 Å². The van der Waals surface area contributed by atoms with Crippen LogP contribution in [0.15, 0.2) is 12.5 Å². The maximum Gasteiger partial charge on any atom is 0.163 e. The fraction of sp³-hybridized carbons (Fsp3) is 0.583. The monoisotopic (exact) mass is 247 g/mol. The van der Waals surface area contributed by atoms with Crippen LogP contribution in [-0.2, 0) is 11.8 Å². The van der Waals surface area contributed by atoms with Crippen LogP contribution in [0.2, 0.25) is 0 Å². The molecule has 0 bridgehead atoms. The van der Waals surface area contributed by atoms with Crippen LogP contribution in [0.5, 0.6) is 0 Å². The molecule has 2 aromatic rings. The number of hydrogen-bond donors (Lipinski definition) is 0. The van der Waals surface area contributed by atoms with E-state index < -0.39 is 0 Å². The zero-order valence-corrected chi connectivity index (χ0v) is 10.9. The average Bonchev–Trinajstić information content (AvgIpc) is 2.70. The lowest BCUT2D eigenvalue weighted by Crippen LogP contribution is -2.45. The maximum atomic E-state index is 5.75. The highest BCUT2D eigenvalue weighted by Gasteiger charge is 2.25. The van der Waals surface area contributed by atoms with Crippen LogP contribution < -0.4 is 4.90 Å². The van der Waals surface area contributed by atoms with Crippen molar-refractivity contribution in [1.29, 1.82) is 0 Å². The predicted octanol–water partition coefficient (Wildman–Crippen LogP) is 0.977. The molecule has 2 atom stereocenters. The van der Waals surface area contributed by atoms with Gasteiger partial charge in [0, 0.05) is 20.1 Å². The van der Waals surface area contributed by atoms with E-state index in [2.05, 4.69) is 33.8 Å². The van der Waals surface area contributed by atoms with Crippen LogP contribution in [0.25, 0.3) is 11.0 Å². The lowest BCUT2D eigenvalue weighted by Gasteiger charge is -2.36. The van der Waals surface area contributed by atoms with E-state index in [1.54, 1.807) is 11.0 Å². The topological polar surface area (TPSA) is 56.1 Å². The summed E-state index contributed by atoms with van der Waals surface area (Å²) in [5.74, 6) is 0.954. The molecule has 0 radical (unpaired) electrons. The maximum absolute atomic E-state index is 5.75. The van der Waals surface area contributed by atoms with Gasteiger partial charge in [-0.3, -0.25) is 4.68 Å². The summed E-state index contributed by atoms with van der Waals surface area (Å²) >= 11 is 0. The van der Waals surface area contributed by atoms with Crippen LogP contribution in [-0.4, -0.2) is 45.0 Å². The molecular weight excluding hydrogens is 230 g/mol. The van der Waals surface area contributed by atoms with E-state index in [4.69, 9.17) is 4.74 Å². The molecule has 1 saturated heterocycles. The van der Waals surface area contributed by atoms with Gasteiger partial charge in [-0.25, -0.2) is 9.97 Å². The van der Waals surface area contributed by atoms with Gasteiger partial charge in [-0.1, -0.05) is 0 Å². The lowest BCUT2D eigenvalue weighted by atomic mass is 10.2. The van der Waals surface area contributed by atoms with Gasteiger partial charge >= 0.3 is 0 Å². The molecule has 0 unspecified atom stereocenters.